The van der Waals surface area contributed by atoms with Crippen molar-refractivity contribution in [3.8, 4) is 16.9 Å². The van der Waals surface area contributed by atoms with E-state index in [0.717, 1.165) is 29.0 Å². The molecule has 28 heavy (non-hydrogen) atoms. The highest BCUT2D eigenvalue weighted by Gasteiger charge is 2.19. The van der Waals surface area contributed by atoms with Crippen LogP contribution >= 0.6 is 0 Å². The Labute approximate surface area is 169 Å². The van der Waals surface area contributed by atoms with E-state index in [4.69, 9.17) is 10.5 Å². The predicted molar refractivity (Wildman–Crippen MR) is 120 cm³/mol. The molecule has 0 aliphatic carbocycles. The number of ether oxygens (including phenoxy) is 1. The predicted octanol–water partition coefficient (Wildman–Crippen LogP) is 5.53. The van der Waals surface area contributed by atoms with Gasteiger partial charge in [0, 0.05) is 35.4 Å². The minimum Gasteiger partial charge on any atom is -0.492 e. The molecule has 0 radical (unpaired) electrons. The van der Waals surface area contributed by atoms with Gasteiger partial charge in [0.15, 0.2) is 0 Å². The molecular weight excluding hydrogens is 348 g/mol. The van der Waals surface area contributed by atoms with Crippen molar-refractivity contribution in [1.29, 1.82) is 0 Å². The molecule has 0 bridgehead atoms. The van der Waals surface area contributed by atoms with E-state index >= 15 is 0 Å². The van der Waals surface area contributed by atoms with E-state index in [-0.39, 0.29) is 7.43 Å². The Kier molecular flexibility index (Phi) is 8.77. The SMILES string of the molecule is C.C=C(CNc1cc2c(c(-c3ccc(C(C)C)cc3)c1)OCC2)C(N)=O.CC. The zero-order chi connectivity index (χ0) is 20.0. The maximum absolute atomic E-state index is 11.1. The smallest absolute Gasteiger partial charge is 0.245 e. The van der Waals surface area contributed by atoms with Gasteiger partial charge in [-0.05, 0) is 29.2 Å². The number of anilines is 1. The van der Waals surface area contributed by atoms with E-state index in [9.17, 15) is 4.79 Å². The first-order chi connectivity index (χ1) is 13.0. The summed E-state index contributed by atoms with van der Waals surface area (Å²) < 4.78 is 5.86. The van der Waals surface area contributed by atoms with E-state index in [1.54, 1.807) is 0 Å². The number of nitrogens with one attached hydrogen (secondary N) is 1. The highest BCUT2D eigenvalue weighted by Crippen LogP contribution is 2.39. The Bertz CT molecular complexity index is 808. The van der Waals surface area contributed by atoms with Crippen LogP contribution in [0.5, 0.6) is 5.75 Å². The second-order valence-corrected chi connectivity index (χ2v) is 6.71. The molecule has 2 aromatic carbocycles. The van der Waals surface area contributed by atoms with Gasteiger partial charge < -0.3 is 15.8 Å². The molecule has 3 N–H and O–H groups in total. The lowest BCUT2D eigenvalue weighted by Gasteiger charge is -2.14. The van der Waals surface area contributed by atoms with Gasteiger partial charge in [0.05, 0.1) is 6.61 Å². The zero-order valence-corrected chi connectivity index (χ0v) is 16.8. The largest absolute Gasteiger partial charge is 0.492 e. The van der Waals surface area contributed by atoms with Gasteiger partial charge >= 0.3 is 0 Å². The summed E-state index contributed by atoms with van der Waals surface area (Å²) in [6.07, 6.45) is 0.888. The van der Waals surface area contributed by atoms with Crippen molar-refractivity contribution in [2.75, 3.05) is 18.5 Å². The van der Waals surface area contributed by atoms with E-state index in [1.807, 2.05) is 13.8 Å². The van der Waals surface area contributed by atoms with E-state index in [1.165, 1.54) is 11.1 Å². The Balaban J connectivity index is 0.00000127. The Morgan fingerprint density at radius 2 is 1.86 bits per heavy atom. The fourth-order valence-corrected chi connectivity index (χ4v) is 2.97. The highest BCUT2D eigenvalue weighted by molar-refractivity contribution is 5.92. The van der Waals surface area contributed by atoms with Crippen molar-refractivity contribution in [3.05, 3.63) is 59.7 Å². The van der Waals surface area contributed by atoms with Gasteiger partial charge in [-0.3, -0.25) is 4.79 Å². The quantitative estimate of drug-likeness (QED) is 0.646. The zero-order valence-electron chi connectivity index (χ0n) is 16.8. The van der Waals surface area contributed by atoms with Crippen LogP contribution in [-0.2, 0) is 11.2 Å². The fourth-order valence-electron chi connectivity index (χ4n) is 2.97. The number of primary amides is 1. The third-order valence-corrected chi connectivity index (χ3v) is 4.53. The summed E-state index contributed by atoms with van der Waals surface area (Å²) in [5, 5.41) is 3.24. The molecule has 0 fully saturated rings. The lowest BCUT2D eigenvalue weighted by molar-refractivity contribution is -0.114. The number of amides is 1. The van der Waals surface area contributed by atoms with Crippen molar-refractivity contribution >= 4 is 11.6 Å². The van der Waals surface area contributed by atoms with Crippen LogP contribution in [0.4, 0.5) is 5.69 Å². The summed E-state index contributed by atoms with van der Waals surface area (Å²) in [5.74, 6) is 0.974. The third-order valence-electron chi connectivity index (χ3n) is 4.53. The first-order valence-electron chi connectivity index (χ1n) is 9.57. The van der Waals surface area contributed by atoms with Crippen LogP contribution < -0.4 is 15.8 Å². The molecule has 1 aliphatic rings. The molecule has 2 aromatic rings. The minimum absolute atomic E-state index is 0. The Morgan fingerprint density at radius 3 is 2.43 bits per heavy atom. The molecule has 0 unspecified atom stereocenters. The number of nitrogens with two attached hydrogens (primary N) is 1. The topological polar surface area (TPSA) is 64.3 Å². The monoisotopic (exact) mass is 382 g/mol. The van der Waals surface area contributed by atoms with Crippen molar-refractivity contribution in [1.82, 2.24) is 0 Å². The standard InChI is InChI=1S/C21H24N2O2.C2H6.CH4/c1-13(2)15-4-6-16(7-5-15)19-11-18(23-12-14(3)21(22)24)10-17-8-9-25-20(17)19;1-2;/h4-7,10-11,13,23H,3,8-9,12H2,1-2H3,(H2,22,24);1-2H3;1H4. The molecule has 1 heterocycles. The van der Waals surface area contributed by atoms with Crippen molar-refractivity contribution in [2.24, 2.45) is 5.73 Å². The van der Waals surface area contributed by atoms with Gasteiger partial charge in [-0.25, -0.2) is 0 Å². The van der Waals surface area contributed by atoms with E-state index in [0.29, 0.717) is 24.6 Å². The number of carbonyl (C=O) groups excluding carboxylic acids is 1. The first-order valence-corrected chi connectivity index (χ1v) is 9.57. The van der Waals surface area contributed by atoms with Crippen LogP contribution in [0.2, 0.25) is 0 Å². The van der Waals surface area contributed by atoms with Crippen LogP contribution in [0.3, 0.4) is 0 Å². The van der Waals surface area contributed by atoms with Gasteiger partial charge in [0.25, 0.3) is 0 Å². The summed E-state index contributed by atoms with van der Waals surface area (Å²) in [7, 11) is 0. The number of hydrogen-bond acceptors (Lipinski definition) is 3. The fraction of sp³-hybridized carbons (Fsp3) is 0.375. The Morgan fingerprint density at radius 1 is 1.21 bits per heavy atom. The molecule has 0 atom stereocenters. The Hall–Kier alpha value is -2.75. The normalized spacial score (nSPS) is 11.5. The summed E-state index contributed by atoms with van der Waals surface area (Å²) >= 11 is 0. The van der Waals surface area contributed by atoms with E-state index < -0.39 is 5.91 Å². The average molecular weight is 383 g/mol. The number of rotatable bonds is 6. The molecule has 3 rings (SSSR count). The summed E-state index contributed by atoms with van der Waals surface area (Å²) in [6, 6.07) is 12.7. The second kappa shape index (κ2) is 10.5. The minimum atomic E-state index is -0.485. The molecule has 0 saturated heterocycles. The summed E-state index contributed by atoms with van der Waals surface area (Å²) in [6.45, 7) is 13.1. The van der Waals surface area contributed by atoms with Gasteiger partial charge in [0.2, 0.25) is 5.91 Å². The van der Waals surface area contributed by atoms with Crippen LogP contribution in [0, 0.1) is 0 Å². The molecule has 0 saturated carbocycles. The van der Waals surface area contributed by atoms with Crippen LogP contribution in [0.25, 0.3) is 11.1 Å². The van der Waals surface area contributed by atoms with Crippen molar-refractivity contribution in [3.63, 3.8) is 0 Å². The van der Waals surface area contributed by atoms with Crippen molar-refractivity contribution in [2.45, 2.75) is 47.5 Å². The van der Waals surface area contributed by atoms with Crippen LogP contribution in [0.15, 0.2) is 48.6 Å². The molecule has 0 aromatic heterocycles. The molecule has 4 heteroatoms. The summed E-state index contributed by atoms with van der Waals surface area (Å²) in [5.41, 5.74) is 11.2. The number of benzene rings is 2. The molecule has 152 valence electrons. The van der Waals surface area contributed by atoms with E-state index in [2.05, 4.69) is 62.1 Å². The van der Waals surface area contributed by atoms with Crippen LogP contribution in [0.1, 0.15) is 52.2 Å². The van der Waals surface area contributed by atoms with Crippen LogP contribution in [-0.4, -0.2) is 19.1 Å². The highest BCUT2D eigenvalue weighted by atomic mass is 16.5. The van der Waals surface area contributed by atoms with Gasteiger partial charge in [0.1, 0.15) is 5.75 Å². The van der Waals surface area contributed by atoms with Gasteiger partial charge in [-0.1, -0.05) is 66.0 Å². The van der Waals surface area contributed by atoms with Gasteiger partial charge in [-0.15, -0.1) is 0 Å². The molecule has 1 amide bonds. The lowest BCUT2D eigenvalue weighted by Crippen LogP contribution is -2.19. The number of hydrogen-bond donors (Lipinski definition) is 2. The average Bonchev–Trinajstić information content (AvgIpc) is 3.15. The molecule has 0 spiro atoms. The second-order valence-electron chi connectivity index (χ2n) is 6.71. The third kappa shape index (κ3) is 5.38. The lowest BCUT2D eigenvalue weighted by atomic mass is 9.96. The summed E-state index contributed by atoms with van der Waals surface area (Å²) in [4.78, 5) is 11.1. The molecular formula is C24H34N2O2. The first kappa shape index (κ1) is 23.3. The number of fused-ring (bicyclic) bond motifs is 1. The molecule has 1 aliphatic heterocycles. The maximum Gasteiger partial charge on any atom is 0.245 e. The van der Waals surface area contributed by atoms with Gasteiger partial charge in [-0.2, -0.15) is 0 Å². The maximum atomic E-state index is 11.1. The molecule has 4 nitrogen and oxygen atoms in total. The number of carbonyl (C=O) groups is 1. The van der Waals surface area contributed by atoms with Crippen molar-refractivity contribution < 1.29 is 9.53 Å².